The predicted octanol–water partition coefficient (Wildman–Crippen LogP) is 1.16. The van der Waals surface area contributed by atoms with Crippen molar-refractivity contribution >= 4 is 5.97 Å². The van der Waals surface area contributed by atoms with Gasteiger partial charge in [0.1, 0.15) is 0 Å². The molecular formula is C11H19N2O2+. The van der Waals surface area contributed by atoms with Crippen molar-refractivity contribution < 1.29 is 14.5 Å². The lowest BCUT2D eigenvalue weighted by molar-refractivity contribution is -0.681. The lowest BCUT2D eigenvalue weighted by Gasteiger charge is -1.98. The van der Waals surface area contributed by atoms with Crippen molar-refractivity contribution in [2.75, 3.05) is 0 Å². The summed E-state index contributed by atoms with van der Waals surface area (Å²) in [5.41, 5.74) is 1.35. The van der Waals surface area contributed by atoms with E-state index in [1.165, 1.54) is 0 Å². The first-order valence-corrected chi connectivity index (χ1v) is 5.41. The van der Waals surface area contributed by atoms with Gasteiger partial charge in [-0.15, -0.1) is 0 Å². The number of carboxylic acid groups (broad SMARTS) is 1. The normalized spacial score (nSPS) is 10.7. The molecule has 1 heterocycles. The molecule has 0 saturated carbocycles. The first-order chi connectivity index (χ1) is 7.08. The summed E-state index contributed by atoms with van der Waals surface area (Å²) in [6.07, 6.45) is 1.61. The van der Waals surface area contributed by atoms with Crippen LogP contribution in [0.4, 0.5) is 0 Å². The van der Waals surface area contributed by atoms with Crippen LogP contribution in [0.1, 0.15) is 42.8 Å². The van der Waals surface area contributed by atoms with Crippen LogP contribution in [0.3, 0.4) is 0 Å². The van der Waals surface area contributed by atoms with Crippen LogP contribution in [0.25, 0.3) is 0 Å². The highest BCUT2D eigenvalue weighted by molar-refractivity contribution is 5.85. The molecule has 0 aliphatic rings. The molecule has 0 aromatic carbocycles. The molecule has 0 atom stereocenters. The summed E-state index contributed by atoms with van der Waals surface area (Å²) < 4.78 is 3.90. The molecule has 0 aliphatic carbocycles. The summed E-state index contributed by atoms with van der Waals surface area (Å²) in [4.78, 5) is 11.2. The van der Waals surface area contributed by atoms with Crippen LogP contribution in [-0.2, 0) is 26.4 Å². The Kier molecular flexibility index (Phi) is 3.50. The quantitative estimate of drug-likeness (QED) is 0.759. The van der Waals surface area contributed by atoms with Crippen LogP contribution < -0.4 is 4.57 Å². The van der Waals surface area contributed by atoms with Crippen LogP contribution in [0, 0.1) is 0 Å². The zero-order chi connectivity index (χ0) is 11.6. The van der Waals surface area contributed by atoms with Gasteiger partial charge < -0.3 is 5.11 Å². The number of carboxylic acids is 1. The van der Waals surface area contributed by atoms with Gasteiger partial charge in [-0.05, 0) is 6.92 Å². The molecule has 84 valence electrons. The molecule has 0 aliphatic heterocycles. The van der Waals surface area contributed by atoms with Gasteiger partial charge in [0.05, 0.1) is 13.6 Å². The number of rotatable bonds is 4. The standard InChI is InChI=1S/C11H18N2O2/c1-5-8-10(11(14)15)12(4)9(6-2)13(8)7-3/h5-7H2,1-4H3/p+1. The molecule has 0 spiro atoms. The molecular weight excluding hydrogens is 192 g/mol. The third-order valence-electron chi connectivity index (χ3n) is 2.80. The molecule has 4 heteroatoms. The summed E-state index contributed by atoms with van der Waals surface area (Å²) in [5.74, 6) is 0.239. The highest BCUT2D eigenvalue weighted by atomic mass is 16.4. The van der Waals surface area contributed by atoms with Crippen molar-refractivity contribution in [2.24, 2.45) is 7.05 Å². The summed E-state index contributed by atoms with van der Waals surface area (Å²) in [6.45, 7) is 6.91. The third kappa shape index (κ3) is 1.76. The van der Waals surface area contributed by atoms with Gasteiger partial charge in [-0.2, -0.15) is 0 Å². The molecule has 4 nitrogen and oxygen atoms in total. The second-order valence-corrected chi connectivity index (χ2v) is 3.53. The number of aromatic nitrogens is 2. The zero-order valence-corrected chi connectivity index (χ0v) is 9.87. The van der Waals surface area contributed by atoms with Gasteiger partial charge in [0.25, 0.3) is 11.5 Å². The van der Waals surface area contributed by atoms with Crippen LogP contribution in [0.15, 0.2) is 0 Å². The minimum absolute atomic E-state index is 0.427. The van der Waals surface area contributed by atoms with E-state index in [4.69, 9.17) is 0 Å². The molecule has 15 heavy (non-hydrogen) atoms. The van der Waals surface area contributed by atoms with Crippen molar-refractivity contribution in [3.05, 3.63) is 17.2 Å². The van der Waals surface area contributed by atoms with Gasteiger partial charge in [0.15, 0.2) is 5.69 Å². The van der Waals surface area contributed by atoms with E-state index >= 15 is 0 Å². The first kappa shape index (κ1) is 11.8. The van der Waals surface area contributed by atoms with E-state index in [0.717, 1.165) is 30.9 Å². The van der Waals surface area contributed by atoms with Gasteiger partial charge in [-0.25, -0.2) is 13.9 Å². The summed E-state index contributed by atoms with van der Waals surface area (Å²) in [5, 5.41) is 9.17. The van der Waals surface area contributed by atoms with Crippen LogP contribution in [0.2, 0.25) is 0 Å². The number of aromatic carboxylic acids is 1. The Labute approximate surface area is 90.2 Å². The lowest BCUT2D eigenvalue weighted by Crippen LogP contribution is -2.38. The third-order valence-corrected chi connectivity index (χ3v) is 2.80. The fourth-order valence-corrected chi connectivity index (χ4v) is 2.21. The van der Waals surface area contributed by atoms with E-state index in [1.54, 1.807) is 4.57 Å². The second kappa shape index (κ2) is 4.47. The maximum atomic E-state index is 11.2. The topological polar surface area (TPSA) is 46.1 Å². The molecule has 0 saturated heterocycles. The Balaban J connectivity index is 3.51. The lowest BCUT2D eigenvalue weighted by atomic mass is 10.2. The maximum absolute atomic E-state index is 11.2. The second-order valence-electron chi connectivity index (χ2n) is 3.53. The Hall–Kier alpha value is -1.32. The van der Waals surface area contributed by atoms with E-state index < -0.39 is 5.97 Å². The molecule has 0 fully saturated rings. The van der Waals surface area contributed by atoms with E-state index in [0.29, 0.717) is 5.69 Å². The summed E-state index contributed by atoms with van der Waals surface area (Å²) in [6, 6.07) is 0. The molecule has 0 radical (unpaired) electrons. The van der Waals surface area contributed by atoms with E-state index in [2.05, 4.69) is 4.57 Å². The van der Waals surface area contributed by atoms with Crippen molar-refractivity contribution in [1.29, 1.82) is 0 Å². The smallest absolute Gasteiger partial charge is 0.380 e. The number of carbonyl (C=O) groups is 1. The zero-order valence-electron chi connectivity index (χ0n) is 9.87. The monoisotopic (exact) mass is 211 g/mol. The Morgan fingerprint density at radius 3 is 2.27 bits per heavy atom. The minimum Gasteiger partial charge on any atom is -0.475 e. The summed E-state index contributed by atoms with van der Waals surface area (Å²) >= 11 is 0. The van der Waals surface area contributed by atoms with Gasteiger partial charge in [0, 0.05) is 12.8 Å². The minimum atomic E-state index is -0.837. The van der Waals surface area contributed by atoms with E-state index in [9.17, 15) is 9.90 Å². The SMILES string of the molecule is CCc1c(C(=O)O)[n+](C)c(CC)n1CC. The first-order valence-electron chi connectivity index (χ1n) is 5.41. The number of nitrogens with zero attached hydrogens (tertiary/aromatic N) is 2. The van der Waals surface area contributed by atoms with Gasteiger partial charge in [-0.3, -0.25) is 0 Å². The van der Waals surface area contributed by atoms with Gasteiger partial charge in [-0.1, -0.05) is 13.8 Å². The predicted molar refractivity (Wildman–Crippen MR) is 57.0 cm³/mol. The number of imidazole rings is 1. The fraction of sp³-hybridized carbons (Fsp3) is 0.636. The van der Waals surface area contributed by atoms with Crippen molar-refractivity contribution in [2.45, 2.75) is 40.2 Å². The molecule has 1 N–H and O–H groups in total. The Bertz CT molecular complexity index is 380. The average Bonchev–Trinajstić information content (AvgIpc) is 2.49. The Morgan fingerprint density at radius 1 is 1.33 bits per heavy atom. The van der Waals surface area contributed by atoms with Crippen LogP contribution >= 0.6 is 0 Å². The summed E-state index contributed by atoms with van der Waals surface area (Å²) in [7, 11) is 1.83. The highest BCUT2D eigenvalue weighted by Gasteiger charge is 2.29. The van der Waals surface area contributed by atoms with Gasteiger partial charge in [0.2, 0.25) is 0 Å². The Morgan fingerprint density at radius 2 is 1.93 bits per heavy atom. The van der Waals surface area contributed by atoms with Crippen molar-refractivity contribution in [3.63, 3.8) is 0 Å². The number of hydrogen-bond donors (Lipinski definition) is 1. The molecule has 1 aromatic heterocycles. The van der Waals surface area contributed by atoms with Crippen LogP contribution in [-0.4, -0.2) is 15.6 Å². The van der Waals surface area contributed by atoms with Crippen LogP contribution in [0.5, 0.6) is 0 Å². The molecule has 1 aromatic rings. The van der Waals surface area contributed by atoms with Gasteiger partial charge >= 0.3 is 5.97 Å². The van der Waals surface area contributed by atoms with E-state index in [1.807, 2.05) is 27.8 Å². The molecule has 0 amide bonds. The molecule has 0 bridgehead atoms. The van der Waals surface area contributed by atoms with E-state index in [-0.39, 0.29) is 0 Å². The largest absolute Gasteiger partial charge is 0.475 e. The van der Waals surface area contributed by atoms with Crippen molar-refractivity contribution in [1.82, 2.24) is 4.57 Å². The molecule has 0 unspecified atom stereocenters. The fourth-order valence-electron chi connectivity index (χ4n) is 2.21. The number of hydrogen-bond acceptors (Lipinski definition) is 1. The maximum Gasteiger partial charge on any atom is 0.380 e. The highest BCUT2D eigenvalue weighted by Crippen LogP contribution is 2.11. The molecule has 1 rings (SSSR count). The average molecular weight is 211 g/mol. The van der Waals surface area contributed by atoms with Crippen molar-refractivity contribution in [3.8, 4) is 0 Å².